The highest BCUT2D eigenvalue weighted by Crippen LogP contribution is 2.20. The maximum Gasteiger partial charge on any atom is 0.255 e. The monoisotopic (exact) mass is 334 g/mol. The van der Waals surface area contributed by atoms with Crippen molar-refractivity contribution in [1.29, 1.82) is 0 Å². The summed E-state index contributed by atoms with van der Waals surface area (Å²) in [7, 11) is 0. The number of carbonyl (C=O) groups excluding carboxylic acids is 2. The van der Waals surface area contributed by atoms with E-state index in [2.05, 4.69) is 20.6 Å². The van der Waals surface area contributed by atoms with E-state index < -0.39 is 0 Å². The number of aromatic nitrogens is 2. The number of anilines is 2. The predicted molar refractivity (Wildman–Crippen MR) is 97.5 cm³/mol. The van der Waals surface area contributed by atoms with Crippen molar-refractivity contribution in [3.05, 3.63) is 66.1 Å². The van der Waals surface area contributed by atoms with Gasteiger partial charge < -0.3 is 15.6 Å². The molecule has 6 heteroatoms. The number of H-pyrrole nitrogens is 1. The molecule has 0 aliphatic carbocycles. The van der Waals surface area contributed by atoms with Crippen molar-refractivity contribution >= 4 is 23.2 Å². The van der Waals surface area contributed by atoms with E-state index >= 15 is 0 Å². The highest BCUT2D eigenvalue weighted by molar-refractivity contribution is 6.04. The number of benzene rings is 2. The normalized spacial score (nSPS) is 10.3. The lowest BCUT2D eigenvalue weighted by Crippen LogP contribution is -2.12. The average molecular weight is 334 g/mol. The van der Waals surface area contributed by atoms with E-state index in [0.29, 0.717) is 16.9 Å². The van der Waals surface area contributed by atoms with Crippen LogP contribution in [0.15, 0.2) is 54.7 Å². The molecular formula is C19H18N4O2. The Morgan fingerprint density at radius 2 is 1.52 bits per heavy atom. The third-order valence-electron chi connectivity index (χ3n) is 3.62. The highest BCUT2D eigenvalue weighted by atomic mass is 16.2. The topological polar surface area (TPSA) is 86.9 Å². The Balaban J connectivity index is 1.67. The van der Waals surface area contributed by atoms with Crippen molar-refractivity contribution in [1.82, 2.24) is 9.97 Å². The van der Waals surface area contributed by atoms with E-state index in [1.54, 1.807) is 30.5 Å². The fourth-order valence-electron chi connectivity index (χ4n) is 2.41. The van der Waals surface area contributed by atoms with E-state index in [0.717, 1.165) is 17.1 Å². The van der Waals surface area contributed by atoms with Gasteiger partial charge in [-0.2, -0.15) is 0 Å². The summed E-state index contributed by atoms with van der Waals surface area (Å²) in [6.07, 6.45) is 1.78. The number of amides is 2. The number of nitrogens with zero attached hydrogens (tertiary/aromatic N) is 1. The standard InChI is InChI=1S/C19H18N4O2/c1-12-20-11-18(21-12)14-3-7-17(8-4-14)23-19(25)15-5-9-16(10-6-15)22-13(2)24/h3-11H,1-2H3,(H,20,21)(H,22,24)(H,23,25). The van der Waals surface area contributed by atoms with Gasteiger partial charge in [0.2, 0.25) is 5.91 Å². The first-order valence-corrected chi connectivity index (χ1v) is 7.82. The molecule has 0 bridgehead atoms. The molecule has 0 aliphatic rings. The van der Waals surface area contributed by atoms with Gasteiger partial charge in [-0.05, 0) is 48.9 Å². The second-order valence-corrected chi connectivity index (χ2v) is 5.67. The van der Waals surface area contributed by atoms with Crippen LogP contribution in [0.2, 0.25) is 0 Å². The summed E-state index contributed by atoms with van der Waals surface area (Å²) in [5, 5.41) is 5.52. The van der Waals surface area contributed by atoms with E-state index in [9.17, 15) is 9.59 Å². The molecule has 0 saturated heterocycles. The Hall–Kier alpha value is -3.41. The number of nitrogens with one attached hydrogen (secondary N) is 3. The predicted octanol–water partition coefficient (Wildman–Crippen LogP) is 3.60. The second-order valence-electron chi connectivity index (χ2n) is 5.67. The first-order valence-electron chi connectivity index (χ1n) is 7.82. The third-order valence-corrected chi connectivity index (χ3v) is 3.62. The van der Waals surface area contributed by atoms with Crippen LogP contribution in [-0.4, -0.2) is 21.8 Å². The molecule has 0 aliphatic heterocycles. The third kappa shape index (κ3) is 4.11. The summed E-state index contributed by atoms with van der Waals surface area (Å²) in [6, 6.07) is 14.2. The maximum absolute atomic E-state index is 12.3. The molecule has 0 saturated carbocycles. The zero-order valence-electron chi connectivity index (χ0n) is 14.0. The molecule has 25 heavy (non-hydrogen) atoms. The molecule has 0 radical (unpaired) electrons. The second kappa shape index (κ2) is 7.00. The highest BCUT2D eigenvalue weighted by Gasteiger charge is 2.07. The Morgan fingerprint density at radius 1 is 0.920 bits per heavy atom. The van der Waals surface area contributed by atoms with Crippen molar-refractivity contribution < 1.29 is 9.59 Å². The zero-order valence-corrected chi connectivity index (χ0v) is 14.0. The number of aryl methyl sites for hydroxylation is 1. The van der Waals surface area contributed by atoms with Crippen molar-refractivity contribution in [2.24, 2.45) is 0 Å². The molecule has 1 aromatic heterocycles. The van der Waals surface area contributed by atoms with Gasteiger partial charge in [-0.25, -0.2) is 4.98 Å². The van der Waals surface area contributed by atoms with E-state index in [-0.39, 0.29) is 11.8 Å². The van der Waals surface area contributed by atoms with Gasteiger partial charge in [0.05, 0.1) is 11.9 Å². The van der Waals surface area contributed by atoms with Gasteiger partial charge in [0.15, 0.2) is 0 Å². The van der Waals surface area contributed by atoms with Crippen LogP contribution >= 0.6 is 0 Å². The molecule has 2 amide bonds. The van der Waals surface area contributed by atoms with E-state index in [4.69, 9.17) is 0 Å². The summed E-state index contributed by atoms with van der Waals surface area (Å²) in [4.78, 5) is 30.6. The van der Waals surface area contributed by atoms with Gasteiger partial charge in [0.25, 0.3) is 5.91 Å². The molecule has 0 atom stereocenters. The smallest absolute Gasteiger partial charge is 0.255 e. The SMILES string of the molecule is CC(=O)Nc1ccc(C(=O)Nc2ccc(-c3cnc(C)[nH]3)cc2)cc1. The average Bonchev–Trinajstić information content (AvgIpc) is 3.02. The molecular weight excluding hydrogens is 316 g/mol. The van der Waals surface area contributed by atoms with Gasteiger partial charge >= 0.3 is 0 Å². The molecule has 126 valence electrons. The van der Waals surface area contributed by atoms with Gasteiger partial charge in [-0.3, -0.25) is 9.59 Å². The number of rotatable bonds is 4. The minimum atomic E-state index is -0.209. The molecule has 0 fully saturated rings. The minimum Gasteiger partial charge on any atom is -0.342 e. The summed E-state index contributed by atoms with van der Waals surface area (Å²) >= 11 is 0. The molecule has 3 aromatic rings. The Kier molecular flexibility index (Phi) is 4.61. The van der Waals surface area contributed by atoms with Crippen LogP contribution in [0.4, 0.5) is 11.4 Å². The van der Waals surface area contributed by atoms with Crippen LogP contribution in [0.1, 0.15) is 23.1 Å². The van der Waals surface area contributed by atoms with Gasteiger partial charge in [0.1, 0.15) is 5.82 Å². The summed E-state index contributed by atoms with van der Waals surface area (Å²) in [5.41, 5.74) is 3.81. The van der Waals surface area contributed by atoms with Crippen LogP contribution in [0.3, 0.4) is 0 Å². The Labute approximate surface area is 145 Å². The quantitative estimate of drug-likeness (QED) is 0.681. The Bertz CT molecular complexity index is 896. The first-order chi connectivity index (χ1) is 12.0. The number of hydrogen-bond donors (Lipinski definition) is 3. The molecule has 2 aromatic carbocycles. The molecule has 1 heterocycles. The summed E-state index contributed by atoms with van der Waals surface area (Å²) in [6.45, 7) is 3.34. The number of imidazole rings is 1. The number of hydrogen-bond acceptors (Lipinski definition) is 3. The molecule has 3 rings (SSSR count). The number of carbonyl (C=O) groups is 2. The number of aromatic amines is 1. The van der Waals surface area contributed by atoms with Gasteiger partial charge in [-0.15, -0.1) is 0 Å². The lowest BCUT2D eigenvalue weighted by atomic mass is 10.1. The van der Waals surface area contributed by atoms with E-state index in [1.807, 2.05) is 31.2 Å². The minimum absolute atomic E-state index is 0.148. The van der Waals surface area contributed by atoms with Gasteiger partial charge in [0, 0.05) is 23.9 Å². The molecule has 6 nitrogen and oxygen atoms in total. The van der Waals surface area contributed by atoms with Crippen LogP contribution in [0.5, 0.6) is 0 Å². The summed E-state index contributed by atoms with van der Waals surface area (Å²) < 4.78 is 0. The van der Waals surface area contributed by atoms with Crippen LogP contribution < -0.4 is 10.6 Å². The lowest BCUT2D eigenvalue weighted by molar-refractivity contribution is -0.114. The van der Waals surface area contributed by atoms with E-state index in [1.165, 1.54) is 6.92 Å². The van der Waals surface area contributed by atoms with Crippen LogP contribution in [-0.2, 0) is 4.79 Å². The first kappa shape index (κ1) is 16.4. The largest absolute Gasteiger partial charge is 0.342 e. The van der Waals surface area contributed by atoms with Crippen molar-refractivity contribution in [3.63, 3.8) is 0 Å². The molecule has 0 unspecified atom stereocenters. The molecule has 0 spiro atoms. The lowest BCUT2D eigenvalue weighted by Gasteiger charge is -2.07. The fraction of sp³-hybridized carbons (Fsp3) is 0.105. The summed E-state index contributed by atoms with van der Waals surface area (Å²) in [5.74, 6) is 0.499. The zero-order chi connectivity index (χ0) is 17.8. The fourth-order valence-corrected chi connectivity index (χ4v) is 2.41. The van der Waals surface area contributed by atoms with Crippen LogP contribution in [0.25, 0.3) is 11.3 Å². The van der Waals surface area contributed by atoms with Gasteiger partial charge in [-0.1, -0.05) is 12.1 Å². The van der Waals surface area contributed by atoms with Crippen molar-refractivity contribution in [2.75, 3.05) is 10.6 Å². The van der Waals surface area contributed by atoms with Crippen molar-refractivity contribution in [2.45, 2.75) is 13.8 Å². The van der Waals surface area contributed by atoms with Crippen LogP contribution in [0, 0.1) is 6.92 Å². The molecule has 3 N–H and O–H groups in total. The Morgan fingerprint density at radius 3 is 2.08 bits per heavy atom. The maximum atomic E-state index is 12.3. The van der Waals surface area contributed by atoms with Crippen molar-refractivity contribution in [3.8, 4) is 11.3 Å².